The van der Waals surface area contributed by atoms with Crippen molar-refractivity contribution in [2.24, 2.45) is 5.92 Å². The zero-order valence-corrected chi connectivity index (χ0v) is 19.2. The summed E-state index contributed by atoms with van der Waals surface area (Å²) in [7, 11) is 1.39. The van der Waals surface area contributed by atoms with Gasteiger partial charge in [-0.05, 0) is 62.7 Å². The third kappa shape index (κ3) is 5.07. The SMILES string of the molecule is COC(=O)C1CCN(Cc2ccc(-c3noc(-c4ccc(OC(C)C)c(C#N)c4)n3)c(F)c2)C1. The van der Waals surface area contributed by atoms with Crippen LogP contribution in [0.5, 0.6) is 5.75 Å². The van der Waals surface area contributed by atoms with Gasteiger partial charge in [-0.2, -0.15) is 10.2 Å². The molecular weight excluding hydrogens is 439 g/mol. The lowest BCUT2D eigenvalue weighted by molar-refractivity contribution is -0.144. The second-order valence-corrected chi connectivity index (χ2v) is 8.47. The number of ether oxygens (including phenoxy) is 2. The fraction of sp³-hybridized carbons (Fsp3) is 0.360. The van der Waals surface area contributed by atoms with Crippen LogP contribution in [-0.2, 0) is 16.1 Å². The van der Waals surface area contributed by atoms with E-state index >= 15 is 0 Å². The van der Waals surface area contributed by atoms with Gasteiger partial charge < -0.3 is 14.0 Å². The molecule has 176 valence electrons. The van der Waals surface area contributed by atoms with Crippen LogP contribution in [0.2, 0.25) is 0 Å². The molecule has 1 aliphatic rings. The molecule has 1 aromatic heterocycles. The molecule has 9 heteroatoms. The summed E-state index contributed by atoms with van der Waals surface area (Å²) in [5.41, 5.74) is 1.89. The average Bonchev–Trinajstić information content (AvgIpc) is 3.49. The minimum Gasteiger partial charge on any atom is -0.490 e. The van der Waals surface area contributed by atoms with Crippen molar-refractivity contribution in [1.29, 1.82) is 5.26 Å². The van der Waals surface area contributed by atoms with Crippen LogP contribution in [0.1, 0.15) is 31.4 Å². The number of aromatic nitrogens is 2. The highest BCUT2D eigenvalue weighted by molar-refractivity contribution is 5.72. The molecule has 2 aromatic carbocycles. The van der Waals surface area contributed by atoms with Crippen molar-refractivity contribution in [3.05, 3.63) is 53.3 Å². The molecular formula is C25H25FN4O4. The number of methoxy groups -OCH3 is 1. The quantitative estimate of drug-likeness (QED) is 0.480. The molecule has 0 spiro atoms. The average molecular weight is 464 g/mol. The van der Waals surface area contributed by atoms with Gasteiger partial charge in [-0.3, -0.25) is 9.69 Å². The first-order valence-electron chi connectivity index (χ1n) is 11.0. The molecule has 0 aliphatic carbocycles. The first-order valence-corrected chi connectivity index (χ1v) is 11.0. The van der Waals surface area contributed by atoms with Gasteiger partial charge in [0.25, 0.3) is 5.89 Å². The van der Waals surface area contributed by atoms with Crippen molar-refractivity contribution in [1.82, 2.24) is 15.0 Å². The molecule has 1 atom stereocenters. The van der Waals surface area contributed by atoms with Crippen LogP contribution >= 0.6 is 0 Å². The molecule has 0 radical (unpaired) electrons. The normalized spacial score (nSPS) is 15.9. The van der Waals surface area contributed by atoms with Gasteiger partial charge in [0.05, 0.1) is 30.3 Å². The molecule has 8 nitrogen and oxygen atoms in total. The summed E-state index contributed by atoms with van der Waals surface area (Å²) in [4.78, 5) is 18.1. The fourth-order valence-electron chi connectivity index (χ4n) is 3.99. The van der Waals surface area contributed by atoms with Gasteiger partial charge in [-0.1, -0.05) is 11.2 Å². The monoisotopic (exact) mass is 464 g/mol. The lowest BCUT2D eigenvalue weighted by Crippen LogP contribution is -2.23. The van der Waals surface area contributed by atoms with E-state index < -0.39 is 5.82 Å². The molecule has 1 saturated heterocycles. The second-order valence-electron chi connectivity index (χ2n) is 8.47. The highest BCUT2D eigenvalue weighted by Gasteiger charge is 2.29. The summed E-state index contributed by atoms with van der Waals surface area (Å²) in [6.45, 7) is 5.63. The number of rotatable bonds is 7. The van der Waals surface area contributed by atoms with Crippen LogP contribution in [0.3, 0.4) is 0 Å². The van der Waals surface area contributed by atoms with Crippen LogP contribution in [0.4, 0.5) is 4.39 Å². The Balaban J connectivity index is 1.49. The van der Waals surface area contributed by atoms with Crippen molar-refractivity contribution >= 4 is 5.97 Å². The van der Waals surface area contributed by atoms with Crippen LogP contribution < -0.4 is 4.74 Å². The van der Waals surface area contributed by atoms with Crippen LogP contribution in [0, 0.1) is 23.1 Å². The molecule has 1 unspecified atom stereocenters. The number of hydrogen-bond donors (Lipinski definition) is 0. The molecule has 0 bridgehead atoms. The fourth-order valence-corrected chi connectivity index (χ4v) is 3.99. The lowest BCUT2D eigenvalue weighted by Gasteiger charge is -2.15. The van der Waals surface area contributed by atoms with Crippen molar-refractivity contribution in [2.45, 2.75) is 32.9 Å². The number of halogens is 1. The van der Waals surface area contributed by atoms with Gasteiger partial charge in [0.15, 0.2) is 0 Å². The number of likely N-dealkylation sites (tertiary alicyclic amines) is 1. The van der Waals surface area contributed by atoms with Gasteiger partial charge in [0.1, 0.15) is 17.6 Å². The van der Waals surface area contributed by atoms with Gasteiger partial charge in [0, 0.05) is 18.7 Å². The van der Waals surface area contributed by atoms with E-state index in [2.05, 4.69) is 21.1 Å². The Morgan fingerprint density at radius 2 is 2.15 bits per heavy atom. The molecule has 0 saturated carbocycles. The van der Waals surface area contributed by atoms with E-state index in [1.165, 1.54) is 13.2 Å². The third-order valence-electron chi connectivity index (χ3n) is 5.62. The van der Waals surface area contributed by atoms with E-state index in [0.717, 1.165) is 18.5 Å². The Hall–Kier alpha value is -3.77. The van der Waals surface area contributed by atoms with Crippen molar-refractivity contribution in [3.8, 4) is 34.7 Å². The Morgan fingerprint density at radius 1 is 1.32 bits per heavy atom. The largest absolute Gasteiger partial charge is 0.490 e. The highest BCUT2D eigenvalue weighted by Crippen LogP contribution is 2.29. The minimum atomic E-state index is -0.466. The summed E-state index contributed by atoms with van der Waals surface area (Å²) in [6, 6.07) is 12.0. The number of nitrogens with zero attached hydrogens (tertiary/aromatic N) is 4. The predicted octanol–water partition coefficient (Wildman–Crippen LogP) is 4.20. The van der Waals surface area contributed by atoms with E-state index in [1.807, 2.05) is 19.9 Å². The zero-order chi connectivity index (χ0) is 24.2. The summed E-state index contributed by atoms with van der Waals surface area (Å²) < 4.78 is 30.7. The van der Waals surface area contributed by atoms with Crippen LogP contribution in [-0.4, -0.2) is 47.3 Å². The van der Waals surface area contributed by atoms with Gasteiger partial charge in [0.2, 0.25) is 5.82 Å². The Labute approximate surface area is 196 Å². The molecule has 2 heterocycles. The van der Waals surface area contributed by atoms with E-state index in [0.29, 0.717) is 30.0 Å². The summed E-state index contributed by atoms with van der Waals surface area (Å²) in [6.07, 6.45) is 0.662. The molecule has 3 aromatic rings. The summed E-state index contributed by atoms with van der Waals surface area (Å²) in [5.74, 6) is -0.0465. The second kappa shape index (κ2) is 10.0. The Bertz CT molecular complexity index is 1230. The minimum absolute atomic E-state index is 0.0707. The van der Waals surface area contributed by atoms with Crippen LogP contribution in [0.15, 0.2) is 40.9 Å². The molecule has 4 rings (SSSR count). The van der Waals surface area contributed by atoms with Crippen LogP contribution in [0.25, 0.3) is 22.8 Å². The van der Waals surface area contributed by atoms with E-state index in [-0.39, 0.29) is 35.3 Å². The highest BCUT2D eigenvalue weighted by atomic mass is 19.1. The molecule has 0 N–H and O–H groups in total. The maximum Gasteiger partial charge on any atom is 0.310 e. The standard InChI is InChI=1S/C25H25FN4O4/c1-15(2)33-22-7-5-17(11-19(22)12-27)24-28-23(29-34-24)20-6-4-16(10-21(20)26)13-30-9-8-18(14-30)25(31)32-3/h4-7,10-11,15,18H,8-9,13-14H2,1-3H3. The molecule has 34 heavy (non-hydrogen) atoms. The molecule has 1 fully saturated rings. The summed E-state index contributed by atoms with van der Waals surface area (Å²) >= 11 is 0. The topological polar surface area (TPSA) is 101 Å². The van der Waals surface area contributed by atoms with Gasteiger partial charge in [-0.25, -0.2) is 4.39 Å². The number of carbonyl (C=O) groups is 1. The lowest BCUT2D eigenvalue weighted by atomic mass is 10.1. The molecule has 1 aliphatic heterocycles. The van der Waals surface area contributed by atoms with Gasteiger partial charge >= 0.3 is 5.97 Å². The number of hydrogen-bond acceptors (Lipinski definition) is 8. The maximum atomic E-state index is 14.9. The number of carbonyl (C=O) groups excluding carboxylic acids is 1. The number of nitriles is 1. The zero-order valence-electron chi connectivity index (χ0n) is 19.2. The smallest absolute Gasteiger partial charge is 0.310 e. The van der Waals surface area contributed by atoms with E-state index in [4.69, 9.17) is 14.0 Å². The predicted molar refractivity (Wildman–Crippen MR) is 121 cm³/mol. The first-order chi connectivity index (χ1) is 16.4. The van der Waals surface area contributed by atoms with E-state index in [9.17, 15) is 14.4 Å². The van der Waals surface area contributed by atoms with Crippen molar-refractivity contribution in [3.63, 3.8) is 0 Å². The third-order valence-corrected chi connectivity index (χ3v) is 5.62. The molecule has 0 amide bonds. The first kappa shape index (κ1) is 23.4. The van der Waals surface area contributed by atoms with Gasteiger partial charge in [-0.15, -0.1) is 0 Å². The summed E-state index contributed by atoms with van der Waals surface area (Å²) in [5, 5.41) is 13.4. The Kier molecular flexibility index (Phi) is 6.89. The number of benzene rings is 2. The van der Waals surface area contributed by atoms with Crippen molar-refractivity contribution < 1.29 is 23.2 Å². The maximum absolute atomic E-state index is 14.9. The van der Waals surface area contributed by atoms with E-state index in [1.54, 1.807) is 24.3 Å². The Morgan fingerprint density at radius 3 is 2.85 bits per heavy atom. The number of esters is 1. The van der Waals surface area contributed by atoms with Crippen molar-refractivity contribution in [2.75, 3.05) is 20.2 Å².